The normalized spacial score (nSPS) is 10.4. The van der Waals surface area contributed by atoms with E-state index in [0.717, 1.165) is 11.1 Å². The maximum Gasteiger partial charge on any atom is 0.232 e. The first-order valence-corrected chi connectivity index (χ1v) is 8.82. The van der Waals surface area contributed by atoms with Gasteiger partial charge >= 0.3 is 0 Å². The van der Waals surface area contributed by atoms with E-state index in [4.69, 9.17) is 22.1 Å². The molecule has 0 aliphatic rings. The van der Waals surface area contributed by atoms with Crippen molar-refractivity contribution in [2.75, 3.05) is 18.2 Å². The number of amides is 1. The van der Waals surface area contributed by atoms with Gasteiger partial charge < -0.3 is 15.8 Å². The molecule has 3 N–H and O–H groups in total. The van der Waals surface area contributed by atoms with Crippen LogP contribution in [-0.2, 0) is 4.79 Å². The van der Waals surface area contributed by atoms with Gasteiger partial charge in [-0.05, 0) is 35.9 Å². The van der Waals surface area contributed by atoms with Gasteiger partial charge in [-0.1, -0.05) is 29.8 Å². The lowest BCUT2D eigenvalue weighted by atomic mass is 10.0. The lowest BCUT2D eigenvalue weighted by Gasteiger charge is -2.09. The van der Waals surface area contributed by atoms with E-state index in [1.807, 2.05) is 12.1 Å². The number of nitrogen functional groups attached to an aromatic ring is 1. The summed E-state index contributed by atoms with van der Waals surface area (Å²) in [6.07, 6.45) is 1.35. The van der Waals surface area contributed by atoms with Crippen LogP contribution in [0, 0.1) is 0 Å². The molecule has 0 unspecified atom stereocenters. The number of hydrogen-bond acceptors (Lipinski definition) is 5. The number of pyridine rings is 1. The minimum Gasteiger partial charge on any atom is -0.481 e. The van der Waals surface area contributed by atoms with Crippen molar-refractivity contribution in [3.63, 3.8) is 0 Å². The summed E-state index contributed by atoms with van der Waals surface area (Å²) >= 11 is 5.91. The highest BCUT2D eigenvalue weighted by Crippen LogP contribution is 2.24. The zero-order valence-electron chi connectivity index (χ0n) is 15.1. The summed E-state index contributed by atoms with van der Waals surface area (Å²) in [5.74, 6) is -0.259. The van der Waals surface area contributed by atoms with Crippen molar-refractivity contribution in [1.29, 1.82) is 0 Å². The largest absolute Gasteiger partial charge is 0.481 e. The van der Waals surface area contributed by atoms with Crippen LogP contribution in [0.3, 0.4) is 0 Å². The first kappa shape index (κ1) is 19.4. The van der Waals surface area contributed by atoms with E-state index in [1.54, 1.807) is 49.7 Å². The molecule has 28 heavy (non-hydrogen) atoms. The Morgan fingerprint density at radius 2 is 1.93 bits per heavy atom. The number of halogens is 1. The van der Waals surface area contributed by atoms with Gasteiger partial charge in [0, 0.05) is 28.4 Å². The van der Waals surface area contributed by atoms with E-state index in [9.17, 15) is 9.59 Å². The highest BCUT2D eigenvalue weighted by atomic mass is 35.5. The van der Waals surface area contributed by atoms with Crippen molar-refractivity contribution in [2.45, 2.75) is 6.42 Å². The number of carbonyl (C=O) groups excluding carboxylic acids is 2. The summed E-state index contributed by atoms with van der Waals surface area (Å²) in [7, 11) is 1.54. The van der Waals surface area contributed by atoms with Crippen molar-refractivity contribution in [2.24, 2.45) is 0 Å². The molecule has 0 atom stereocenters. The number of benzene rings is 2. The van der Waals surface area contributed by atoms with Crippen LogP contribution in [0.25, 0.3) is 11.1 Å². The fraction of sp³-hybridized carbons (Fsp3) is 0.0952. The van der Waals surface area contributed by atoms with E-state index < -0.39 is 5.91 Å². The van der Waals surface area contributed by atoms with Gasteiger partial charge in [0.05, 0.1) is 24.9 Å². The zero-order chi connectivity index (χ0) is 20.1. The quantitative estimate of drug-likeness (QED) is 0.370. The van der Waals surface area contributed by atoms with Crippen LogP contribution in [0.2, 0.25) is 5.02 Å². The predicted octanol–water partition coefficient (Wildman–Crippen LogP) is 4.20. The molecular formula is C21H18ClN3O3. The minimum atomic E-state index is -0.463. The van der Waals surface area contributed by atoms with Gasteiger partial charge in [0.25, 0.3) is 0 Å². The first-order valence-electron chi connectivity index (χ1n) is 8.45. The standard InChI is InChI=1S/C21H18ClN3O3/c1-28-21-8-5-15(12-24-21)13-3-2-4-14(9-13)19(26)11-20(27)25-18-10-16(22)6-7-17(18)23/h2-10,12H,11,23H2,1H3,(H,25,27). The maximum absolute atomic E-state index is 12.5. The molecule has 0 aliphatic carbocycles. The highest BCUT2D eigenvalue weighted by molar-refractivity contribution is 6.31. The number of rotatable bonds is 6. The molecule has 0 fully saturated rings. The van der Waals surface area contributed by atoms with Crippen LogP contribution < -0.4 is 15.8 Å². The first-order chi connectivity index (χ1) is 13.5. The third kappa shape index (κ3) is 4.66. The van der Waals surface area contributed by atoms with Crippen molar-refractivity contribution in [3.05, 3.63) is 71.4 Å². The number of ether oxygens (including phenoxy) is 1. The van der Waals surface area contributed by atoms with E-state index in [1.165, 1.54) is 6.07 Å². The lowest BCUT2D eigenvalue weighted by Crippen LogP contribution is -2.17. The van der Waals surface area contributed by atoms with Crippen molar-refractivity contribution in [1.82, 2.24) is 4.98 Å². The smallest absolute Gasteiger partial charge is 0.232 e. The summed E-state index contributed by atoms with van der Waals surface area (Å²) in [6, 6.07) is 15.4. The van der Waals surface area contributed by atoms with Gasteiger partial charge in [-0.15, -0.1) is 0 Å². The minimum absolute atomic E-state index is 0.304. The summed E-state index contributed by atoms with van der Waals surface area (Å²) < 4.78 is 5.05. The van der Waals surface area contributed by atoms with Crippen molar-refractivity contribution in [3.8, 4) is 17.0 Å². The Balaban J connectivity index is 1.71. The van der Waals surface area contributed by atoms with E-state index in [-0.39, 0.29) is 12.2 Å². The van der Waals surface area contributed by atoms with Gasteiger partial charge in [0.2, 0.25) is 11.8 Å². The maximum atomic E-state index is 12.5. The topological polar surface area (TPSA) is 94.3 Å². The summed E-state index contributed by atoms with van der Waals surface area (Å²) in [6.45, 7) is 0. The van der Waals surface area contributed by atoms with Crippen LogP contribution in [0.5, 0.6) is 5.88 Å². The fourth-order valence-corrected chi connectivity index (χ4v) is 2.80. The number of Topliss-reactive ketones (excluding diaryl/α,β-unsaturated/α-hetero) is 1. The van der Waals surface area contributed by atoms with Gasteiger partial charge in [-0.25, -0.2) is 4.98 Å². The molecule has 3 aromatic rings. The monoisotopic (exact) mass is 395 g/mol. The number of methoxy groups -OCH3 is 1. The number of hydrogen-bond donors (Lipinski definition) is 2. The SMILES string of the molecule is COc1ccc(-c2cccc(C(=O)CC(=O)Nc3cc(Cl)ccc3N)c2)cn1. The molecule has 3 rings (SSSR count). The molecule has 2 aromatic carbocycles. The van der Waals surface area contributed by atoms with E-state index >= 15 is 0 Å². The van der Waals surface area contributed by atoms with Gasteiger partial charge in [-0.3, -0.25) is 9.59 Å². The molecule has 0 saturated heterocycles. The molecule has 0 spiro atoms. The van der Waals surface area contributed by atoms with Crippen LogP contribution in [0.15, 0.2) is 60.8 Å². The second kappa shape index (κ2) is 8.54. The number of anilines is 2. The van der Waals surface area contributed by atoms with Gasteiger partial charge in [0.1, 0.15) is 0 Å². The summed E-state index contributed by atoms with van der Waals surface area (Å²) in [4.78, 5) is 28.9. The highest BCUT2D eigenvalue weighted by Gasteiger charge is 2.14. The lowest BCUT2D eigenvalue weighted by molar-refractivity contribution is -0.115. The average molecular weight is 396 g/mol. The Morgan fingerprint density at radius 1 is 1.11 bits per heavy atom. The predicted molar refractivity (Wildman–Crippen MR) is 110 cm³/mol. The molecule has 1 heterocycles. The number of carbonyl (C=O) groups is 2. The summed E-state index contributed by atoms with van der Waals surface area (Å²) in [5, 5.41) is 3.06. The Kier molecular flexibility index (Phi) is 5.91. The Hall–Kier alpha value is -3.38. The van der Waals surface area contributed by atoms with Crippen LogP contribution in [0.1, 0.15) is 16.8 Å². The van der Waals surface area contributed by atoms with Gasteiger partial charge in [-0.2, -0.15) is 0 Å². The third-order valence-corrected chi connectivity index (χ3v) is 4.31. The van der Waals surface area contributed by atoms with E-state index in [2.05, 4.69) is 10.3 Å². The molecule has 142 valence electrons. The van der Waals surface area contributed by atoms with E-state index in [0.29, 0.717) is 27.8 Å². The van der Waals surface area contributed by atoms with Crippen LogP contribution >= 0.6 is 11.6 Å². The number of nitrogens with two attached hydrogens (primary N) is 1. The molecule has 0 bridgehead atoms. The molecule has 1 aromatic heterocycles. The van der Waals surface area contributed by atoms with Crippen molar-refractivity contribution < 1.29 is 14.3 Å². The molecule has 0 radical (unpaired) electrons. The molecular weight excluding hydrogens is 378 g/mol. The molecule has 1 amide bonds. The number of nitrogens with zero attached hydrogens (tertiary/aromatic N) is 1. The number of aromatic nitrogens is 1. The van der Waals surface area contributed by atoms with Crippen LogP contribution in [0.4, 0.5) is 11.4 Å². The third-order valence-electron chi connectivity index (χ3n) is 4.07. The Labute approximate surface area is 167 Å². The Bertz CT molecular complexity index is 1020. The van der Waals surface area contributed by atoms with Crippen LogP contribution in [-0.4, -0.2) is 23.8 Å². The second-order valence-corrected chi connectivity index (χ2v) is 6.49. The number of ketones is 1. The Morgan fingerprint density at radius 3 is 2.64 bits per heavy atom. The molecule has 7 heteroatoms. The fourth-order valence-electron chi connectivity index (χ4n) is 2.62. The molecule has 6 nitrogen and oxygen atoms in total. The van der Waals surface area contributed by atoms with Crippen molar-refractivity contribution >= 4 is 34.7 Å². The second-order valence-electron chi connectivity index (χ2n) is 6.05. The molecule has 0 saturated carbocycles. The molecule has 0 aliphatic heterocycles. The number of nitrogens with one attached hydrogen (secondary N) is 1. The summed E-state index contributed by atoms with van der Waals surface area (Å²) in [5.41, 5.74) is 8.66. The average Bonchev–Trinajstić information content (AvgIpc) is 2.71. The van der Waals surface area contributed by atoms with Gasteiger partial charge in [0.15, 0.2) is 5.78 Å². The zero-order valence-corrected chi connectivity index (χ0v) is 15.9.